The third kappa shape index (κ3) is 11.4. The molecule has 10 nitrogen and oxygen atoms in total. The fourth-order valence-corrected chi connectivity index (χ4v) is 10.4. The van der Waals surface area contributed by atoms with Crippen molar-refractivity contribution in [3.63, 3.8) is 0 Å². The number of carbonyl (C=O) groups excluding carboxylic acids is 4. The van der Waals surface area contributed by atoms with Gasteiger partial charge in [0.15, 0.2) is 20.7 Å². The molecule has 0 saturated heterocycles. The minimum Gasteiger partial charge on any atom is -0.464 e. The van der Waals surface area contributed by atoms with Crippen molar-refractivity contribution in [2.45, 2.75) is 150 Å². The molecule has 1 aliphatic carbocycles. The Hall–Kier alpha value is -2.31. The molecule has 48 heavy (non-hydrogen) atoms. The van der Waals surface area contributed by atoms with Gasteiger partial charge in [-0.1, -0.05) is 81.6 Å². The summed E-state index contributed by atoms with van der Waals surface area (Å²) in [5.74, 6) is -1.29. The van der Waals surface area contributed by atoms with Crippen LogP contribution in [0, 0.1) is 23.7 Å². The van der Waals surface area contributed by atoms with Crippen LogP contribution in [0.4, 0.5) is 0 Å². The minimum atomic E-state index is -2.19. The van der Waals surface area contributed by atoms with Crippen LogP contribution >= 0.6 is 11.3 Å². The second-order valence-corrected chi connectivity index (χ2v) is 19.5. The normalized spacial score (nSPS) is 19.2. The lowest BCUT2D eigenvalue weighted by molar-refractivity contribution is -0.159. The summed E-state index contributed by atoms with van der Waals surface area (Å²) < 4.78 is 17.8. The predicted molar refractivity (Wildman–Crippen MR) is 193 cm³/mol. The highest BCUT2D eigenvalue weighted by Gasteiger charge is 2.41. The van der Waals surface area contributed by atoms with Crippen molar-refractivity contribution in [2.75, 3.05) is 13.8 Å². The topological polar surface area (TPSA) is 124 Å². The Labute approximate surface area is 294 Å². The molecule has 1 aliphatic rings. The van der Waals surface area contributed by atoms with Crippen molar-refractivity contribution in [3.8, 4) is 0 Å². The van der Waals surface area contributed by atoms with Gasteiger partial charge in [0.25, 0.3) is 0 Å². The van der Waals surface area contributed by atoms with Gasteiger partial charge in [0, 0.05) is 23.8 Å². The van der Waals surface area contributed by atoms with Gasteiger partial charge in [-0.05, 0) is 61.6 Å². The number of carbonyl (C=O) groups is 4. The molecule has 0 radical (unpaired) electrons. The first-order chi connectivity index (χ1) is 22.8. The van der Waals surface area contributed by atoms with Gasteiger partial charge in [0.1, 0.15) is 11.0 Å². The summed E-state index contributed by atoms with van der Waals surface area (Å²) >= 11 is 1.35. The van der Waals surface area contributed by atoms with E-state index in [0.717, 1.165) is 43.8 Å². The van der Waals surface area contributed by atoms with Crippen LogP contribution < -0.4 is 5.32 Å². The lowest BCUT2D eigenvalue weighted by Gasteiger charge is -2.41. The number of rotatable bonds is 20. The molecule has 1 heterocycles. The molecular formula is C36H63N3O7SSi. The molecule has 0 bridgehead atoms. The van der Waals surface area contributed by atoms with Gasteiger partial charge in [-0.3, -0.25) is 14.4 Å². The van der Waals surface area contributed by atoms with Crippen molar-refractivity contribution in [3.05, 3.63) is 16.1 Å². The van der Waals surface area contributed by atoms with Crippen LogP contribution in [0.1, 0.15) is 135 Å². The molecule has 274 valence electrons. The van der Waals surface area contributed by atoms with Crippen LogP contribution in [0.3, 0.4) is 0 Å². The zero-order valence-electron chi connectivity index (χ0n) is 31.3. The first-order valence-electron chi connectivity index (χ1n) is 18.3. The smallest absolute Gasteiger partial charge is 0.357 e. The van der Waals surface area contributed by atoms with Crippen LogP contribution in [0.15, 0.2) is 5.38 Å². The van der Waals surface area contributed by atoms with E-state index in [-0.39, 0.29) is 60.3 Å². The molecule has 0 aliphatic heterocycles. The van der Waals surface area contributed by atoms with Gasteiger partial charge in [-0.15, -0.1) is 11.3 Å². The van der Waals surface area contributed by atoms with Crippen molar-refractivity contribution < 1.29 is 33.1 Å². The number of ether oxygens (including phenoxy) is 2. The summed E-state index contributed by atoms with van der Waals surface area (Å²) in [4.78, 5) is 59.8. The molecule has 2 amide bonds. The first kappa shape index (κ1) is 41.9. The fourth-order valence-electron chi connectivity index (χ4n) is 6.68. The molecule has 3 unspecified atom stereocenters. The number of hydrogen-bond donors (Lipinski definition) is 1. The minimum absolute atomic E-state index is 0.0578. The molecule has 1 saturated carbocycles. The summed E-state index contributed by atoms with van der Waals surface area (Å²) in [5, 5.41) is 5.51. The summed E-state index contributed by atoms with van der Waals surface area (Å²) in [7, 11) is -0.857. The SMILES string of the molecule is CCCC(=O)OCN(C(=O)[C@@H](NC(=O)C1CCCCC1C)C(C)CC)[C@H](C[C@@H](O[Si](CC)(CC)CC)c1nc(C(=O)OC)cs1)C(C)C. The highest BCUT2D eigenvalue weighted by atomic mass is 32.1. The Morgan fingerprint density at radius 2 is 1.69 bits per heavy atom. The molecule has 0 spiro atoms. The molecule has 1 aromatic rings. The second-order valence-electron chi connectivity index (χ2n) is 13.9. The molecule has 1 N–H and O–H groups in total. The van der Waals surface area contributed by atoms with E-state index >= 15 is 0 Å². The largest absolute Gasteiger partial charge is 0.464 e. The van der Waals surface area contributed by atoms with E-state index in [9.17, 15) is 19.2 Å². The highest BCUT2D eigenvalue weighted by Crippen LogP contribution is 2.37. The van der Waals surface area contributed by atoms with Crippen LogP contribution in [-0.4, -0.2) is 67.9 Å². The Morgan fingerprint density at radius 3 is 2.23 bits per heavy atom. The maximum atomic E-state index is 14.8. The monoisotopic (exact) mass is 709 g/mol. The van der Waals surface area contributed by atoms with E-state index in [2.05, 4.69) is 38.0 Å². The number of aromatic nitrogens is 1. The third-order valence-electron chi connectivity index (χ3n) is 10.5. The molecular weight excluding hydrogens is 647 g/mol. The van der Waals surface area contributed by atoms with E-state index in [0.29, 0.717) is 24.3 Å². The molecule has 1 aromatic heterocycles. The summed E-state index contributed by atoms with van der Waals surface area (Å²) in [5.41, 5.74) is 0.224. The molecule has 1 fully saturated rings. The lowest BCUT2D eigenvalue weighted by Crippen LogP contribution is -2.57. The fraction of sp³-hybridized carbons (Fsp3) is 0.806. The Bertz CT molecular complexity index is 1170. The molecule has 0 aromatic carbocycles. The van der Waals surface area contributed by atoms with Crippen molar-refractivity contribution in [2.24, 2.45) is 23.7 Å². The summed E-state index contributed by atoms with van der Waals surface area (Å²) in [6, 6.07) is 1.55. The van der Waals surface area contributed by atoms with Gasteiger partial charge in [0.2, 0.25) is 11.8 Å². The zero-order valence-corrected chi connectivity index (χ0v) is 33.1. The predicted octanol–water partition coefficient (Wildman–Crippen LogP) is 7.89. The standard InChI is InChI=1S/C36H63N3O7SSi/c1-11-18-31(40)45-23-39(35(42)32(25(8)12-2)38-33(41)27-20-17-16-19-26(27)9)29(24(6)7)21-30(46-48(13-3,14-4)15-5)34-37-28(22-47-34)36(43)44-10/h22,24-27,29-30,32H,11-21,23H2,1-10H3,(H,38,41)/t25?,26?,27?,29-,30-,32+/m1/s1. The number of thiazole rings is 1. The van der Waals surface area contributed by atoms with Crippen LogP contribution in [0.25, 0.3) is 0 Å². The Morgan fingerprint density at radius 1 is 1.04 bits per heavy atom. The second kappa shape index (κ2) is 20.4. The maximum absolute atomic E-state index is 14.8. The van der Waals surface area contributed by atoms with Crippen molar-refractivity contribution in [1.29, 1.82) is 0 Å². The quantitative estimate of drug-likeness (QED) is 0.0824. The van der Waals surface area contributed by atoms with Gasteiger partial charge < -0.3 is 24.1 Å². The van der Waals surface area contributed by atoms with E-state index in [1.54, 1.807) is 10.3 Å². The number of methoxy groups -OCH3 is 1. The Balaban J connectivity index is 2.60. The summed E-state index contributed by atoms with van der Waals surface area (Å²) in [6.45, 7) is 18.4. The maximum Gasteiger partial charge on any atom is 0.357 e. The Kier molecular flexibility index (Phi) is 17.8. The number of nitrogens with one attached hydrogen (secondary N) is 1. The van der Waals surface area contributed by atoms with Crippen LogP contribution in [-0.2, 0) is 28.3 Å². The van der Waals surface area contributed by atoms with Gasteiger partial charge in [-0.25, -0.2) is 9.78 Å². The lowest BCUT2D eigenvalue weighted by atomic mass is 9.79. The molecule has 6 atom stereocenters. The van der Waals surface area contributed by atoms with Crippen LogP contribution in [0.2, 0.25) is 18.1 Å². The van der Waals surface area contributed by atoms with E-state index in [4.69, 9.17) is 13.9 Å². The van der Waals surface area contributed by atoms with Gasteiger partial charge in [0.05, 0.1) is 13.2 Å². The van der Waals surface area contributed by atoms with Gasteiger partial charge in [-0.2, -0.15) is 0 Å². The van der Waals surface area contributed by atoms with E-state index < -0.39 is 32.5 Å². The first-order valence-corrected chi connectivity index (χ1v) is 21.7. The third-order valence-corrected chi connectivity index (χ3v) is 16.1. The average Bonchev–Trinajstić information content (AvgIpc) is 3.58. The van der Waals surface area contributed by atoms with E-state index in [1.165, 1.54) is 18.4 Å². The number of esters is 2. The van der Waals surface area contributed by atoms with Crippen molar-refractivity contribution >= 4 is 43.4 Å². The van der Waals surface area contributed by atoms with Gasteiger partial charge >= 0.3 is 11.9 Å². The number of nitrogens with zero attached hydrogens (tertiary/aromatic N) is 2. The van der Waals surface area contributed by atoms with Crippen LogP contribution in [0.5, 0.6) is 0 Å². The average molecular weight is 710 g/mol. The number of amides is 2. The molecule has 2 rings (SSSR count). The molecule has 12 heteroatoms. The van der Waals surface area contributed by atoms with E-state index in [1.807, 2.05) is 34.6 Å². The number of hydrogen-bond acceptors (Lipinski definition) is 9. The highest BCUT2D eigenvalue weighted by molar-refractivity contribution is 7.09. The summed E-state index contributed by atoms with van der Waals surface area (Å²) in [6.07, 6.45) is 5.41. The van der Waals surface area contributed by atoms with Crippen molar-refractivity contribution in [1.82, 2.24) is 15.2 Å². The zero-order chi connectivity index (χ0) is 36.0.